The van der Waals surface area contributed by atoms with Crippen molar-refractivity contribution in [2.45, 2.75) is 13.3 Å². The van der Waals surface area contributed by atoms with Crippen LogP contribution in [0, 0.1) is 0 Å². The molecule has 3 aromatic rings. The first-order valence-electron chi connectivity index (χ1n) is 7.91. The molecule has 0 saturated heterocycles. The highest BCUT2D eigenvalue weighted by atomic mass is 35.5. The van der Waals surface area contributed by atoms with Crippen LogP contribution >= 0.6 is 23.2 Å². The second kappa shape index (κ2) is 7.34. The van der Waals surface area contributed by atoms with Crippen molar-refractivity contribution in [2.24, 2.45) is 0 Å². The lowest BCUT2D eigenvalue weighted by Crippen LogP contribution is -2.08. The van der Waals surface area contributed by atoms with E-state index in [-0.39, 0.29) is 0 Å². The van der Waals surface area contributed by atoms with E-state index in [0.29, 0.717) is 34.3 Å². The third-order valence-corrected chi connectivity index (χ3v) is 4.49. The van der Waals surface area contributed by atoms with Gasteiger partial charge in [0, 0.05) is 22.3 Å². The molecule has 0 bridgehead atoms. The van der Waals surface area contributed by atoms with Crippen molar-refractivity contribution in [3.63, 3.8) is 0 Å². The Morgan fingerprint density at radius 3 is 2.60 bits per heavy atom. The number of carbonyl (C=O) groups is 1. The van der Waals surface area contributed by atoms with Crippen molar-refractivity contribution < 1.29 is 9.53 Å². The van der Waals surface area contributed by atoms with Crippen molar-refractivity contribution in [2.75, 3.05) is 6.61 Å². The number of hydrogen-bond acceptors (Lipinski definition) is 2. The topological polar surface area (TPSA) is 42.1 Å². The summed E-state index contributed by atoms with van der Waals surface area (Å²) in [6.45, 7) is 6.23. The highest BCUT2D eigenvalue weighted by molar-refractivity contribution is 6.39. The zero-order valence-electron chi connectivity index (χ0n) is 13.7. The Hall–Kier alpha value is -2.23. The Balaban J connectivity index is 2.12. The molecule has 2 aromatic carbocycles. The van der Waals surface area contributed by atoms with Crippen LogP contribution in [0.3, 0.4) is 0 Å². The van der Waals surface area contributed by atoms with Gasteiger partial charge in [0.05, 0.1) is 11.6 Å². The number of ether oxygens (including phenoxy) is 1. The molecule has 0 aliphatic heterocycles. The maximum absolute atomic E-state index is 12.4. The van der Waals surface area contributed by atoms with Gasteiger partial charge in [-0.05, 0) is 35.8 Å². The van der Waals surface area contributed by atoms with E-state index in [2.05, 4.69) is 11.6 Å². The monoisotopic (exact) mass is 373 g/mol. The van der Waals surface area contributed by atoms with Gasteiger partial charge in [-0.25, -0.2) is 4.79 Å². The van der Waals surface area contributed by atoms with E-state index in [1.165, 1.54) is 0 Å². The molecule has 1 N–H and O–H groups in total. The van der Waals surface area contributed by atoms with Crippen LogP contribution in [-0.4, -0.2) is 17.6 Å². The third kappa shape index (κ3) is 3.58. The number of fused-ring (bicyclic) bond motifs is 1. The van der Waals surface area contributed by atoms with Crippen molar-refractivity contribution in [1.82, 2.24) is 4.98 Å². The van der Waals surface area contributed by atoms with Crippen LogP contribution in [0.25, 0.3) is 16.5 Å². The molecule has 5 heteroatoms. The van der Waals surface area contributed by atoms with Gasteiger partial charge >= 0.3 is 5.97 Å². The zero-order valence-corrected chi connectivity index (χ0v) is 15.2. The molecule has 0 aliphatic carbocycles. The normalized spacial score (nSPS) is 10.8. The molecule has 128 valence electrons. The smallest absolute Gasteiger partial charge is 0.355 e. The first-order chi connectivity index (χ1) is 12.0. The fraction of sp³-hybridized carbons (Fsp3) is 0.150. The Kier molecular flexibility index (Phi) is 5.16. The molecule has 25 heavy (non-hydrogen) atoms. The van der Waals surface area contributed by atoms with Gasteiger partial charge < -0.3 is 9.72 Å². The van der Waals surface area contributed by atoms with Crippen LogP contribution in [0.4, 0.5) is 0 Å². The fourth-order valence-electron chi connectivity index (χ4n) is 2.86. The first-order valence-corrected chi connectivity index (χ1v) is 8.66. The average Bonchev–Trinajstić information content (AvgIpc) is 2.94. The molecule has 1 aromatic heterocycles. The van der Waals surface area contributed by atoms with Crippen molar-refractivity contribution >= 4 is 45.6 Å². The lowest BCUT2D eigenvalue weighted by molar-refractivity contribution is 0.0519. The number of aromatic amines is 1. The Morgan fingerprint density at radius 1 is 1.20 bits per heavy atom. The van der Waals surface area contributed by atoms with Gasteiger partial charge in [-0.2, -0.15) is 0 Å². The summed E-state index contributed by atoms with van der Waals surface area (Å²) in [6, 6.07) is 13.2. The number of halogens is 2. The Bertz CT molecular complexity index is 945. The van der Waals surface area contributed by atoms with Gasteiger partial charge in [-0.1, -0.05) is 60.1 Å². The number of nitrogens with one attached hydrogen (secondary N) is 1. The molecule has 0 saturated carbocycles. The molecule has 1 heterocycles. The fourth-order valence-corrected chi connectivity index (χ4v) is 3.47. The minimum atomic E-state index is -0.415. The molecule has 0 amide bonds. The molecule has 0 unspecified atom stereocenters. The minimum absolute atomic E-state index is 0.293. The highest BCUT2D eigenvalue weighted by Gasteiger charge is 2.22. The maximum atomic E-state index is 12.4. The Labute approximate surface area is 156 Å². The predicted octanol–water partition coefficient (Wildman–Crippen LogP) is 5.91. The SMILES string of the molecule is C=C(Cc1c(C(=O)OCC)[nH]c2cc(Cl)cc(Cl)c12)c1ccccc1. The Morgan fingerprint density at radius 2 is 1.92 bits per heavy atom. The lowest BCUT2D eigenvalue weighted by Gasteiger charge is -2.09. The van der Waals surface area contributed by atoms with Gasteiger partial charge in [0.2, 0.25) is 0 Å². The lowest BCUT2D eigenvalue weighted by atomic mass is 9.97. The summed E-state index contributed by atoms with van der Waals surface area (Å²) in [5, 5.41) is 1.76. The number of carbonyl (C=O) groups excluding carboxylic acids is 1. The summed E-state index contributed by atoms with van der Waals surface area (Å²) in [4.78, 5) is 15.5. The van der Waals surface area contributed by atoms with E-state index >= 15 is 0 Å². The number of rotatable bonds is 5. The summed E-state index contributed by atoms with van der Waals surface area (Å²) < 4.78 is 5.18. The highest BCUT2D eigenvalue weighted by Crippen LogP contribution is 2.35. The number of benzene rings is 2. The number of H-pyrrole nitrogens is 1. The van der Waals surface area contributed by atoms with Crippen LogP contribution in [0.2, 0.25) is 10.0 Å². The van der Waals surface area contributed by atoms with Gasteiger partial charge in [-0.3, -0.25) is 0 Å². The second-order valence-corrected chi connectivity index (χ2v) is 6.50. The number of aromatic nitrogens is 1. The molecule has 0 fully saturated rings. The van der Waals surface area contributed by atoms with Crippen molar-refractivity contribution in [3.05, 3.63) is 75.9 Å². The quantitative estimate of drug-likeness (QED) is 0.565. The van der Waals surface area contributed by atoms with E-state index in [1.54, 1.807) is 19.1 Å². The van der Waals surface area contributed by atoms with Crippen LogP contribution in [-0.2, 0) is 11.2 Å². The third-order valence-electron chi connectivity index (χ3n) is 3.97. The molecule has 0 aliphatic rings. The summed E-state index contributed by atoms with van der Waals surface area (Å²) >= 11 is 12.5. The molecule has 3 rings (SSSR count). The first kappa shape index (κ1) is 17.6. The van der Waals surface area contributed by atoms with E-state index in [0.717, 1.165) is 22.1 Å². The number of allylic oxidation sites excluding steroid dienone is 1. The summed E-state index contributed by atoms with van der Waals surface area (Å²) in [6.07, 6.45) is 0.472. The molecule has 3 nitrogen and oxygen atoms in total. The summed E-state index contributed by atoms with van der Waals surface area (Å²) in [5.41, 5.74) is 3.76. The minimum Gasteiger partial charge on any atom is -0.461 e. The number of esters is 1. The standard InChI is InChI=1S/C20H17Cl2NO2/c1-3-25-20(24)19-15(9-12(2)13-7-5-4-6-8-13)18-16(22)10-14(21)11-17(18)23-19/h4-8,10-11,23H,2-3,9H2,1H3. The summed E-state index contributed by atoms with van der Waals surface area (Å²) in [5.74, 6) is -0.415. The molecular weight excluding hydrogens is 357 g/mol. The van der Waals surface area contributed by atoms with Crippen LogP contribution in [0.1, 0.15) is 28.5 Å². The average molecular weight is 374 g/mol. The van der Waals surface area contributed by atoms with Gasteiger partial charge in [0.1, 0.15) is 5.69 Å². The van der Waals surface area contributed by atoms with Gasteiger partial charge in [0.25, 0.3) is 0 Å². The van der Waals surface area contributed by atoms with Crippen molar-refractivity contribution in [3.8, 4) is 0 Å². The zero-order chi connectivity index (χ0) is 18.0. The van der Waals surface area contributed by atoms with E-state index in [4.69, 9.17) is 27.9 Å². The maximum Gasteiger partial charge on any atom is 0.355 e. The van der Waals surface area contributed by atoms with Gasteiger partial charge in [-0.15, -0.1) is 0 Å². The van der Waals surface area contributed by atoms with Crippen molar-refractivity contribution in [1.29, 1.82) is 0 Å². The van der Waals surface area contributed by atoms with Crippen LogP contribution < -0.4 is 0 Å². The largest absolute Gasteiger partial charge is 0.461 e. The van der Waals surface area contributed by atoms with Crippen LogP contribution in [0.5, 0.6) is 0 Å². The predicted molar refractivity (Wildman–Crippen MR) is 103 cm³/mol. The van der Waals surface area contributed by atoms with E-state index in [1.807, 2.05) is 30.3 Å². The molecule has 0 spiro atoms. The molecular formula is C20H17Cl2NO2. The second-order valence-electron chi connectivity index (χ2n) is 5.66. The molecule has 0 radical (unpaired) electrons. The van der Waals surface area contributed by atoms with Crippen LogP contribution in [0.15, 0.2) is 49.0 Å². The van der Waals surface area contributed by atoms with Gasteiger partial charge in [0.15, 0.2) is 0 Å². The molecule has 0 atom stereocenters. The van der Waals surface area contributed by atoms with E-state index in [9.17, 15) is 4.79 Å². The summed E-state index contributed by atoms with van der Waals surface area (Å²) in [7, 11) is 0. The number of hydrogen-bond donors (Lipinski definition) is 1. The van der Waals surface area contributed by atoms with E-state index < -0.39 is 5.97 Å².